The van der Waals surface area contributed by atoms with Crippen LogP contribution in [-0.4, -0.2) is 44.6 Å². The quantitative estimate of drug-likeness (QED) is 0.274. The van der Waals surface area contributed by atoms with Gasteiger partial charge in [0.2, 0.25) is 5.95 Å². The summed E-state index contributed by atoms with van der Waals surface area (Å²) in [5.41, 5.74) is 7.52. The standard InChI is InChI=1S/C33H34N6O/c1-4-39-31-27(20-30(32(39)40)26-9-7-25(8-10-26)29-6-5-17-34-22(29)2)21-35-33(37-31)36-28-13-11-23(12-14-28)24-15-18-38(3)19-16-24/h5-14,17,20-21,24H,4,15-16,18-19H2,1-3H3,(H,35,36,37). The lowest BCUT2D eigenvalue weighted by atomic mass is 9.89. The number of nitrogens with zero attached hydrogens (tertiary/aromatic N) is 5. The summed E-state index contributed by atoms with van der Waals surface area (Å²) in [6.07, 6.45) is 5.98. The average molecular weight is 531 g/mol. The zero-order valence-corrected chi connectivity index (χ0v) is 23.3. The monoisotopic (exact) mass is 530 g/mol. The molecule has 3 aromatic heterocycles. The van der Waals surface area contributed by atoms with E-state index >= 15 is 0 Å². The van der Waals surface area contributed by atoms with E-state index in [0.717, 1.165) is 46.5 Å². The van der Waals surface area contributed by atoms with Crippen LogP contribution in [0.25, 0.3) is 33.3 Å². The highest BCUT2D eigenvalue weighted by Crippen LogP contribution is 2.29. The van der Waals surface area contributed by atoms with Gasteiger partial charge in [-0.15, -0.1) is 0 Å². The Hall–Kier alpha value is -4.36. The van der Waals surface area contributed by atoms with Crippen LogP contribution in [0.15, 0.2) is 83.9 Å². The van der Waals surface area contributed by atoms with Crippen LogP contribution in [0.1, 0.15) is 36.9 Å². The molecule has 7 heteroatoms. The second-order valence-corrected chi connectivity index (χ2v) is 10.6. The van der Waals surface area contributed by atoms with Crippen molar-refractivity contribution >= 4 is 22.7 Å². The maximum Gasteiger partial charge on any atom is 0.260 e. The van der Waals surface area contributed by atoms with E-state index in [-0.39, 0.29) is 5.56 Å². The van der Waals surface area contributed by atoms with Crippen molar-refractivity contribution in [3.63, 3.8) is 0 Å². The van der Waals surface area contributed by atoms with Crippen LogP contribution in [0.3, 0.4) is 0 Å². The van der Waals surface area contributed by atoms with Crippen molar-refractivity contribution in [2.75, 3.05) is 25.5 Å². The number of anilines is 2. The van der Waals surface area contributed by atoms with Crippen LogP contribution >= 0.6 is 0 Å². The lowest BCUT2D eigenvalue weighted by Crippen LogP contribution is -2.29. The Morgan fingerprint density at radius 1 is 0.925 bits per heavy atom. The van der Waals surface area contributed by atoms with E-state index in [1.165, 1.54) is 18.4 Å². The smallest absolute Gasteiger partial charge is 0.260 e. The lowest BCUT2D eigenvalue weighted by Gasteiger charge is -2.29. The Bertz CT molecular complexity index is 1700. The highest BCUT2D eigenvalue weighted by atomic mass is 16.1. The number of rotatable bonds is 6. The van der Waals surface area contributed by atoms with Gasteiger partial charge in [0.05, 0.1) is 0 Å². The van der Waals surface area contributed by atoms with E-state index in [1.807, 2.05) is 50.2 Å². The zero-order valence-electron chi connectivity index (χ0n) is 23.3. The number of nitrogens with one attached hydrogen (secondary N) is 1. The maximum absolute atomic E-state index is 13.6. The Balaban J connectivity index is 1.26. The number of piperidine rings is 1. The van der Waals surface area contributed by atoms with Crippen molar-refractivity contribution in [1.29, 1.82) is 0 Å². The van der Waals surface area contributed by atoms with Crippen LogP contribution < -0.4 is 10.9 Å². The second kappa shape index (κ2) is 11.0. The third-order valence-electron chi connectivity index (χ3n) is 8.01. The fraction of sp³-hybridized carbons (Fsp3) is 0.273. The van der Waals surface area contributed by atoms with Gasteiger partial charge in [-0.25, -0.2) is 4.98 Å². The number of aryl methyl sites for hydroxylation is 2. The Morgan fingerprint density at radius 3 is 2.30 bits per heavy atom. The number of benzene rings is 2. The van der Waals surface area contributed by atoms with E-state index in [0.29, 0.717) is 29.6 Å². The third-order valence-corrected chi connectivity index (χ3v) is 8.01. The molecular formula is C33H34N6O. The molecule has 2 aromatic carbocycles. The third kappa shape index (κ3) is 5.12. The summed E-state index contributed by atoms with van der Waals surface area (Å²) >= 11 is 0. The number of aromatic nitrogens is 4. The minimum atomic E-state index is -0.0626. The Morgan fingerprint density at radius 2 is 1.62 bits per heavy atom. The SMILES string of the molecule is CCn1c(=O)c(-c2ccc(-c3cccnc3C)cc2)cc2cnc(Nc3ccc(C4CCN(C)CC4)cc3)nc21. The van der Waals surface area contributed by atoms with Crippen molar-refractivity contribution in [1.82, 2.24) is 24.4 Å². The molecule has 7 nitrogen and oxygen atoms in total. The lowest BCUT2D eigenvalue weighted by molar-refractivity contribution is 0.255. The fourth-order valence-electron chi connectivity index (χ4n) is 5.65. The van der Waals surface area contributed by atoms with E-state index in [9.17, 15) is 4.79 Å². The van der Waals surface area contributed by atoms with Gasteiger partial charge in [-0.2, -0.15) is 4.98 Å². The van der Waals surface area contributed by atoms with E-state index < -0.39 is 0 Å². The molecule has 1 aliphatic heterocycles. The molecule has 40 heavy (non-hydrogen) atoms. The number of likely N-dealkylation sites (tertiary alicyclic amines) is 1. The molecule has 1 aliphatic rings. The van der Waals surface area contributed by atoms with Crippen LogP contribution in [0, 0.1) is 6.92 Å². The molecule has 4 heterocycles. The number of hydrogen-bond donors (Lipinski definition) is 1. The first kappa shape index (κ1) is 25.9. The molecule has 202 valence electrons. The highest BCUT2D eigenvalue weighted by molar-refractivity contribution is 5.82. The number of fused-ring (bicyclic) bond motifs is 1. The molecule has 0 atom stereocenters. The summed E-state index contributed by atoms with van der Waals surface area (Å²) in [5, 5.41) is 4.15. The van der Waals surface area contributed by atoms with Gasteiger partial charge >= 0.3 is 0 Å². The Labute approximate surface area is 234 Å². The molecule has 0 saturated carbocycles. The van der Waals surface area contributed by atoms with Gasteiger partial charge in [0, 0.05) is 46.8 Å². The summed E-state index contributed by atoms with van der Waals surface area (Å²) in [6.45, 7) is 6.77. The van der Waals surface area contributed by atoms with Gasteiger partial charge in [0.1, 0.15) is 5.65 Å². The number of hydrogen-bond acceptors (Lipinski definition) is 6. The second-order valence-electron chi connectivity index (χ2n) is 10.6. The highest BCUT2D eigenvalue weighted by Gasteiger charge is 2.18. The summed E-state index contributed by atoms with van der Waals surface area (Å²) in [7, 11) is 2.19. The number of pyridine rings is 2. The van der Waals surface area contributed by atoms with Gasteiger partial charge in [-0.3, -0.25) is 14.3 Å². The van der Waals surface area contributed by atoms with Gasteiger partial charge in [0.15, 0.2) is 0 Å². The first-order chi connectivity index (χ1) is 19.5. The molecule has 1 saturated heterocycles. The molecule has 1 N–H and O–H groups in total. The molecule has 0 bridgehead atoms. The maximum atomic E-state index is 13.6. The van der Waals surface area contributed by atoms with Gasteiger partial charge in [-0.05, 0) is 93.7 Å². The summed E-state index contributed by atoms with van der Waals surface area (Å²) in [4.78, 5) is 29.7. The molecular weight excluding hydrogens is 496 g/mol. The van der Waals surface area contributed by atoms with Crippen LogP contribution in [0.4, 0.5) is 11.6 Å². The molecule has 0 aliphatic carbocycles. The van der Waals surface area contributed by atoms with E-state index in [4.69, 9.17) is 4.98 Å². The molecule has 0 amide bonds. The first-order valence-electron chi connectivity index (χ1n) is 14.0. The topological polar surface area (TPSA) is 75.9 Å². The molecule has 0 unspecified atom stereocenters. The minimum Gasteiger partial charge on any atom is -0.324 e. The van der Waals surface area contributed by atoms with Crippen molar-refractivity contribution < 1.29 is 0 Å². The van der Waals surface area contributed by atoms with Crippen LogP contribution in [0.5, 0.6) is 0 Å². The molecule has 0 radical (unpaired) electrons. The minimum absolute atomic E-state index is 0.0626. The molecule has 5 aromatic rings. The van der Waals surface area contributed by atoms with Gasteiger partial charge < -0.3 is 10.2 Å². The molecule has 6 rings (SSSR count). The summed E-state index contributed by atoms with van der Waals surface area (Å²) < 4.78 is 1.72. The zero-order chi connectivity index (χ0) is 27.6. The first-order valence-corrected chi connectivity index (χ1v) is 14.0. The largest absolute Gasteiger partial charge is 0.324 e. The normalized spacial score (nSPS) is 14.5. The van der Waals surface area contributed by atoms with Gasteiger partial charge in [-0.1, -0.05) is 42.5 Å². The van der Waals surface area contributed by atoms with Crippen LogP contribution in [-0.2, 0) is 6.54 Å². The average Bonchev–Trinajstić information content (AvgIpc) is 2.98. The van der Waals surface area contributed by atoms with Crippen molar-refractivity contribution in [2.24, 2.45) is 0 Å². The Kier molecular flexibility index (Phi) is 7.13. The molecule has 1 fully saturated rings. The fourth-order valence-corrected chi connectivity index (χ4v) is 5.65. The van der Waals surface area contributed by atoms with Gasteiger partial charge in [0.25, 0.3) is 5.56 Å². The van der Waals surface area contributed by atoms with Crippen molar-refractivity contribution in [2.45, 2.75) is 39.2 Å². The van der Waals surface area contributed by atoms with Crippen LogP contribution in [0.2, 0.25) is 0 Å². The summed E-state index contributed by atoms with van der Waals surface area (Å²) in [6, 6.07) is 22.6. The predicted molar refractivity (Wildman–Crippen MR) is 162 cm³/mol. The van der Waals surface area contributed by atoms with E-state index in [2.05, 4.69) is 57.6 Å². The predicted octanol–water partition coefficient (Wildman–Crippen LogP) is 6.40. The van der Waals surface area contributed by atoms with Crippen molar-refractivity contribution in [3.8, 4) is 22.3 Å². The summed E-state index contributed by atoms with van der Waals surface area (Å²) in [5.74, 6) is 1.09. The molecule has 0 spiro atoms. The van der Waals surface area contributed by atoms with E-state index in [1.54, 1.807) is 17.0 Å². The van der Waals surface area contributed by atoms with Crippen molar-refractivity contribution in [3.05, 3.63) is 101 Å².